The SMILES string of the molecule is Cc1cccnc1NC(=O)COC(=O)c1ccccc1F. The van der Waals surface area contributed by atoms with E-state index in [2.05, 4.69) is 10.3 Å². The highest BCUT2D eigenvalue weighted by Gasteiger charge is 2.14. The lowest BCUT2D eigenvalue weighted by molar-refractivity contribution is -0.119. The summed E-state index contributed by atoms with van der Waals surface area (Å²) in [5, 5.41) is 2.51. The fourth-order valence-electron chi connectivity index (χ4n) is 1.62. The number of carbonyl (C=O) groups excluding carboxylic acids is 2. The molecule has 0 aliphatic heterocycles. The summed E-state index contributed by atoms with van der Waals surface area (Å²) < 4.78 is 18.1. The van der Waals surface area contributed by atoms with E-state index < -0.39 is 24.3 Å². The first-order valence-corrected chi connectivity index (χ1v) is 6.21. The van der Waals surface area contributed by atoms with Crippen LogP contribution >= 0.6 is 0 Å². The molecule has 2 aromatic rings. The van der Waals surface area contributed by atoms with Gasteiger partial charge in [-0.1, -0.05) is 18.2 Å². The van der Waals surface area contributed by atoms with Gasteiger partial charge in [0, 0.05) is 6.20 Å². The van der Waals surface area contributed by atoms with Crippen LogP contribution in [0.4, 0.5) is 10.2 Å². The van der Waals surface area contributed by atoms with E-state index >= 15 is 0 Å². The Balaban J connectivity index is 1.91. The second kappa shape index (κ2) is 6.60. The fourth-order valence-corrected chi connectivity index (χ4v) is 1.62. The molecule has 1 heterocycles. The average molecular weight is 288 g/mol. The standard InChI is InChI=1S/C15H13FN2O3/c1-10-5-4-8-17-14(10)18-13(19)9-21-15(20)11-6-2-3-7-12(11)16/h2-8H,9H2,1H3,(H,17,18,19). The molecule has 108 valence electrons. The largest absolute Gasteiger partial charge is 0.452 e. The Hall–Kier alpha value is -2.76. The summed E-state index contributed by atoms with van der Waals surface area (Å²) >= 11 is 0. The van der Waals surface area contributed by atoms with Crippen molar-refractivity contribution in [1.82, 2.24) is 4.98 Å². The minimum absolute atomic E-state index is 0.209. The van der Waals surface area contributed by atoms with Crippen LogP contribution in [-0.2, 0) is 9.53 Å². The Morgan fingerprint density at radius 1 is 1.24 bits per heavy atom. The lowest BCUT2D eigenvalue weighted by Crippen LogP contribution is -2.22. The predicted octanol–water partition coefficient (Wildman–Crippen LogP) is 2.32. The number of aromatic nitrogens is 1. The number of nitrogens with one attached hydrogen (secondary N) is 1. The molecule has 21 heavy (non-hydrogen) atoms. The third-order valence-electron chi connectivity index (χ3n) is 2.70. The molecule has 0 unspecified atom stereocenters. The number of hydrogen-bond donors (Lipinski definition) is 1. The van der Waals surface area contributed by atoms with Crippen LogP contribution in [0.15, 0.2) is 42.6 Å². The van der Waals surface area contributed by atoms with Crippen LogP contribution in [-0.4, -0.2) is 23.5 Å². The number of aryl methyl sites for hydroxylation is 1. The van der Waals surface area contributed by atoms with Gasteiger partial charge >= 0.3 is 5.97 Å². The number of rotatable bonds is 4. The van der Waals surface area contributed by atoms with E-state index in [0.717, 1.165) is 11.6 Å². The van der Waals surface area contributed by atoms with Crippen LogP contribution in [0.25, 0.3) is 0 Å². The highest BCUT2D eigenvalue weighted by atomic mass is 19.1. The number of esters is 1. The molecule has 1 aromatic heterocycles. The molecule has 0 aliphatic rings. The number of halogens is 1. The van der Waals surface area contributed by atoms with E-state index in [4.69, 9.17) is 4.74 Å². The molecule has 0 fully saturated rings. The number of amides is 1. The highest BCUT2D eigenvalue weighted by Crippen LogP contribution is 2.10. The molecule has 2 rings (SSSR count). The van der Waals surface area contributed by atoms with Gasteiger partial charge in [0.1, 0.15) is 11.6 Å². The number of carbonyl (C=O) groups is 2. The molecule has 1 aromatic carbocycles. The van der Waals surface area contributed by atoms with E-state index in [1.807, 2.05) is 0 Å². The third-order valence-corrected chi connectivity index (χ3v) is 2.70. The van der Waals surface area contributed by atoms with E-state index in [-0.39, 0.29) is 5.56 Å². The summed E-state index contributed by atoms with van der Waals surface area (Å²) in [6, 6.07) is 8.93. The minimum Gasteiger partial charge on any atom is -0.452 e. The maximum Gasteiger partial charge on any atom is 0.341 e. The highest BCUT2D eigenvalue weighted by molar-refractivity contribution is 5.95. The molecular weight excluding hydrogens is 275 g/mol. The number of ether oxygens (including phenoxy) is 1. The maximum atomic E-state index is 13.4. The molecule has 5 nitrogen and oxygen atoms in total. The van der Waals surface area contributed by atoms with Crippen molar-refractivity contribution < 1.29 is 18.7 Å². The third kappa shape index (κ3) is 3.85. The molecule has 6 heteroatoms. The number of pyridine rings is 1. The van der Waals surface area contributed by atoms with Crippen LogP contribution in [0.5, 0.6) is 0 Å². The van der Waals surface area contributed by atoms with Gasteiger partial charge < -0.3 is 10.1 Å². The Bertz CT molecular complexity index is 673. The molecule has 1 amide bonds. The second-order valence-electron chi connectivity index (χ2n) is 4.27. The zero-order valence-corrected chi connectivity index (χ0v) is 11.3. The van der Waals surface area contributed by atoms with Gasteiger partial charge in [-0.2, -0.15) is 0 Å². The molecule has 0 atom stereocenters. The smallest absolute Gasteiger partial charge is 0.341 e. The lowest BCUT2D eigenvalue weighted by atomic mass is 10.2. The monoisotopic (exact) mass is 288 g/mol. The zero-order chi connectivity index (χ0) is 15.2. The van der Waals surface area contributed by atoms with Crippen molar-refractivity contribution in [2.75, 3.05) is 11.9 Å². The predicted molar refractivity (Wildman–Crippen MR) is 74.3 cm³/mol. The van der Waals surface area contributed by atoms with Gasteiger partial charge in [0.2, 0.25) is 0 Å². The first-order chi connectivity index (χ1) is 10.1. The number of anilines is 1. The molecule has 1 N–H and O–H groups in total. The van der Waals surface area contributed by atoms with Crippen LogP contribution in [0.2, 0.25) is 0 Å². The lowest BCUT2D eigenvalue weighted by Gasteiger charge is -2.08. The molecule has 0 bridgehead atoms. The van der Waals surface area contributed by atoms with Crippen LogP contribution in [0.3, 0.4) is 0 Å². The summed E-state index contributed by atoms with van der Waals surface area (Å²) in [6.45, 7) is 1.27. The Labute approximate surface area is 120 Å². The molecular formula is C15H13FN2O3. The molecule has 0 saturated heterocycles. The van der Waals surface area contributed by atoms with Crippen molar-refractivity contribution in [3.8, 4) is 0 Å². The van der Waals surface area contributed by atoms with Gasteiger partial charge in [-0.15, -0.1) is 0 Å². The van der Waals surface area contributed by atoms with Crippen molar-refractivity contribution in [3.05, 3.63) is 59.5 Å². The number of nitrogens with zero attached hydrogens (tertiary/aromatic N) is 1. The normalized spacial score (nSPS) is 10.0. The van der Waals surface area contributed by atoms with Gasteiger partial charge in [-0.05, 0) is 30.7 Å². The van der Waals surface area contributed by atoms with E-state index in [1.165, 1.54) is 24.4 Å². The first kappa shape index (κ1) is 14.6. The van der Waals surface area contributed by atoms with Crippen molar-refractivity contribution in [3.63, 3.8) is 0 Å². The molecule has 0 spiro atoms. The second-order valence-corrected chi connectivity index (χ2v) is 4.27. The maximum absolute atomic E-state index is 13.4. The van der Waals surface area contributed by atoms with Crippen LogP contribution in [0.1, 0.15) is 15.9 Å². The Kier molecular flexibility index (Phi) is 4.61. The van der Waals surface area contributed by atoms with Gasteiger partial charge in [-0.3, -0.25) is 4.79 Å². The van der Waals surface area contributed by atoms with Crippen molar-refractivity contribution in [1.29, 1.82) is 0 Å². The first-order valence-electron chi connectivity index (χ1n) is 6.21. The molecule has 0 aliphatic carbocycles. The molecule has 0 radical (unpaired) electrons. The summed E-state index contributed by atoms with van der Waals surface area (Å²) in [7, 11) is 0. The van der Waals surface area contributed by atoms with E-state index in [0.29, 0.717) is 5.82 Å². The van der Waals surface area contributed by atoms with Gasteiger partial charge in [-0.25, -0.2) is 14.2 Å². The van der Waals surface area contributed by atoms with Crippen molar-refractivity contribution >= 4 is 17.7 Å². The van der Waals surface area contributed by atoms with Crippen LogP contribution in [0, 0.1) is 12.7 Å². The van der Waals surface area contributed by atoms with Crippen LogP contribution < -0.4 is 5.32 Å². The Morgan fingerprint density at radius 2 is 2.00 bits per heavy atom. The van der Waals surface area contributed by atoms with E-state index in [1.54, 1.807) is 19.1 Å². The van der Waals surface area contributed by atoms with E-state index in [9.17, 15) is 14.0 Å². The minimum atomic E-state index is -0.888. The quantitative estimate of drug-likeness (QED) is 0.877. The van der Waals surface area contributed by atoms with Gasteiger partial charge in [0.05, 0.1) is 5.56 Å². The summed E-state index contributed by atoms with van der Waals surface area (Å²) in [5.74, 6) is -1.73. The van der Waals surface area contributed by atoms with Gasteiger partial charge in [0.15, 0.2) is 6.61 Å². The summed E-state index contributed by atoms with van der Waals surface area (Å²) in [5.41, 5.74) is 0.575. The van der Waals surface area contributed by atoms with Crippen molar-refractivity contribution in [2.45, 2.75) is 6.92 Å². The fraction of sp³-hybridized carbons (Fsp3) is 0.133. The van der Waals surface area contributed by atoms with Gasteiger partial charge in [0.25, 0.3) is 5.91 Å². The average Bonchev–Trinajstić information content (AvgIpc) is 2.48. The van der Waals surface area contributed by atoms with Crippen molar-refractivity contribution in [2.24, 2.45) is 0 Å². The zero-order valence-electron chi connectivity index (χ0n) is 11.3. The molecule has 0 saturated carbocycles. The number of hydrogen-bond acceptors (Lipinski definition) is 4. The summed E-state index contributed by atoms with van der Waals surface area (Å²) in [4.78, 5) is 27.3. The number of benzene rings is 1. The topological polar surface area (TPSA) is 68.3 Å². The Morgan fingerprint density at radius 3 is 2.71 bits per heavy atom. The summed E-state index contributed by atoms with van der Waals surface area (Å²) in [6.07, 6.45) is 1.54.